The van der Waals surface area contributed by atoms with E-state index in [1.54, 1.807) is 41.5 Å². The Morgan fingerprint density at radius 2 is 1.90 bits per heavy atom. The van der Waals surface area contributed by atoms with Crippen molar-refractivity contribution in [2.24, 2.45) is 0 Å². The molecule has 0 bridgehead atoms. The molecule has 3 aromatic rings. The fraction of sp³-hybridized carbons (Fsp3) is 0.211. The lowest BCUT2D eigenvalue weighted by atomic mass is 10.0. The van der Waals surface area contributed by atoms with Crippen LogP contribution in [-0.4, -0.2) is 53.6 Å². The van der Waals surface area contributed by atoms with Gasteiger partial charge in [0, 0.05) is 36.5 Å². The van der Waals surface area contributed by atoms with Gasteiger partial charge in [-0.05, 0) is 24.6 Å². The number of imide groups is 1. The van der Waals surface area contributed by atoms with Crippen LogP contribution in [0.25, 0.3) is 17.2 Å². The number of piperidine rings is 1. The quantitative estimate of drug-likeness (QED) is 0.647. The summed E-state index contributed by atoms with van der Waals surface area (Å²) in [7, 11) is 0. The molecule has 1 N–H and O–H groups in total. The molecule has 1 atom stereocenters. The van der Waals surface area contributed by atoms with Crippen LogP contribution in [0.3, 0.4) is 0 Å². The van der Waals surface area contributed by atoms with E-state index in [0.29, 0.717) is 29.2 Å². The lowest BCUT2D eigenvalue weighted by Crippen LogP contribution is -2.52. The second-order valence-electron chi connectivity index (χ2n) is 6.82. The largest absolute Gasteiger partial charge is 0.322 e. The topological polar surface area (TPSA) is 123 Å². The molecule has 2 aliphatic rings. The van der Waals surface area contributed by atoms with Gasteiger partial charge in [-0.15, -0.1) is 5.10 Å². The van der Waals surface area contributed by atoms with Gasteiger partial charge in [0.25, 0.3) is 5.91 Å². The Bertz CT molecular complexity index is 1140. The molecule has 0 spiro atoms. The molecular weight excluding hydrogens is 374 g/mol. The molecule has 2 aliphatic heterocycles. The number of nitrogens with one attached hydrogen (secondary N) is 1. The van der Waals surface area contributed by atoms with Crippen molar-refractivity contribution in [3.63, 3.8) is 0 Å². The van der Waals surface area contributed by atoms with Crippen LogP contribution in [0.15, 0.2) is 42.9 Å². The number of fused-ring (bicyclic) bond motifs is 1. The highest BCUT2D eigenvalue weighted by molar-refractivity contribution is 6.05. The molecule has 1 fully saturated rings. The monoisotopic (exact) mass is 389 g/mol. The zero-order valence-corrected chi connectivity index (χ0v) is 15.1. The number of aromatic nitrogens is 5. The maximum atomic E-state index is 12.9. The van der Waals surface area contributed by atoms with E-state index in [9.17, 15) is 14.4 Å². The standard InChI is InChI=1S/C19H15N7O3/c27-16-6-5-15(18(28)22-16)25-9-12-11(19(25)29)3-1-4-14(12)26-10-13(23-24-26)17-20-7-2-8-21-17/h1-4,7-8,10,15H,5-6,9H2,(H,22,27,28). The smallest absolute Gasteiger partial charge is 0.255 e. The molecule has 4 heterocycles. The molecule has 1 unspecified atom stereocenters. The zero-order valence-electron chi connectivity index (χ0n) is 15.1. The van der Waals surface area contributed by atoms with Crippen molar-refractivity contribution in [1.82, 2.24) is 35.2 Å². The van der Waals surface area contributed by atoms with Crippen LogP contribution >= 0.6 is 0 Å². The maximum Gasteiger partial charge on any atom is 0.255 e. The Hall–Kier alpha value is -3.95. The molecular formula is C19H15N7O3. The minimum Gasteiger partial charge on any atom is -0.322 e. The molecule has 3 amide bonds. The summed E-state index contributed by atoms with van der Waals surface area (Å²) in [6.45, 7) is 0.258. The van der Waals surface area contributed by atoms with Crippen molar-refractivity contribution < 1.29 is 14.4 Å². The molecule has 0 saturated carbocycles. The summed E-state index contributed by atoms with van der Waals surface area (Å²) in [6.07, 6.45) is 5.48. The van der Waals surface area contributed by atoms with Crippen LogP contribution in [-0.2, 0) is 16.1 Å². The third-order valence-electron chi connectivity index (χ3n) is 5.09. The first-order chi connectivity index (χ1) is 14.1. The summed E-state index contributed by atoms with van der Waals surface area (Å²) in [5, 5.41) is 10.6. The number of rotatable bonds is 3. The number of carbonyl (C=O) groups excluding carboxylic acids is 3. The van der Waals surface area contributed by atoms with E-state index in [0.717, 1.165) is 5.56 Å². The molecule has 0 aliphatic carbocycles. The van der Waals surface area contributed by atoms with Crippen LogP contribution in [0.5, 0.6) is 0 Å². The summed E-state index contributed by atoms with van der Waals surface area (Å²) >= 11 is 0. The number of carbonyl (C=O) groups is 3. The molecule has 1 aromatic carbocycles. The molecule has 2 aromatic heterocycles. The SMILES string of the molecule is O=C1CCC(N2Cc3c(cccc3-n3cc(-c4ncccn4)nn3)C2=O)C(=O)N1. The third kappa shape index (κ3) is 2.85. The minimum atomic E-state index is -0.663. The lowest BCUT2D eigenvalue weighted by Gasteiger charge is -2.29. The van der Waals surface area contributed by atoms with E-state index in [2.05, 4.69) is 25.6 Å². The van der Waals surface area contributed by atoms with Crippen LogP contribution < -0.4 is 5.32 Å². The van der Waals surface area contributed by atoms with Crippen LogP contribution in [0.2, 0.25) is 0 Å². The highest BCUT2D eigenvalue weighted by Gasteiger charge is 2.40. The minimum absolute atomic E-state index is 0.215. The highest BCUT2D eigenvalue weighted by Crippen LogP contribution is 2.31. The van der Waals surface area contributed by atoms with E-state index in [4.69, 9.17) is 0 Å². The Balaban J connectivity index is 1.48. The van der Waals surface area contributed by atoms with Gasteiger partial charge in [0.2, 0.25) is 11.8 Å². The molecule has 10 nitrogen and oxygen atoms in total. The summed E-state index contributed by atoms with van der Waals surface area (Å²) in [6, 6.07) is 6.38. The van der Waals surface area contributed by atoms with Gasteiger partial charge in [-0.25, -0.2) is 14.6 Å². The fourth-order valence-corrected chi connectivity index (χ4v) is 3.70. The zero-order chi connectivity index (χ0) is 20.0. The van der Waals surface area contributed by atoms with E-state index >= 15 is 0 Å². The Kier molecular flexibility index (Phi) is 3.90. The molecule has 0 radical (unpaired) electrons. The number of benzene rings is 1. The number of hydrogen-bond donors (Lipinski definition) is 1. The molecule has 29 heavy (non-hydrogen) atoms. The van der Waals surface area contributed by atoms with Crippen molar-refractivity contribution in [3.8, 4) is 17.2 Å². The normalized spacial score (nSPS) is 18.7. The number of hydrogen-bond acceptors (Lipinski definition) is 7. The van der Waals surface area contributed by atoms with Gasteiger partial charge in [0.1, 0.15) is 6.04 Å². The average Bonchev–Trinajstić information content (AvgIpc) is 3.34. The van der Waals surface area contributed by atoms with Crippen molar-refractivity contribution in [2.45, 2.75) is 25.4 Å². The van der Waals surface area contributed by atoms with E-state index in [1.807, 2.05) is 6.07 Å². The van der Waals surface area contributed by atoms with E-state index in [1.165, 1.54) is 4.90 Å². The Morgan fingerprint density at radius 3 is 2.69 bits per heavy atom. The predicted octanol–water partition coefficient (Wildman–Crippen LogP) is 0.485. The first-order valence-electron chi connectivity index (χ1n) is 9.08. The third-order valence-corrected chi connectivity index (χ3v) is 5.09. The fourth-order valence-electron chi connectivity index (χ4n) is 3.70. The van der Waals surface area contributed by atoms with Gasteiger partial charge in [-0.3, -0.25) is 19.7 Å². The highest BCUT2D eigenvalue weighted by atomic mass is 16.2. The summed E-state index contributed by atoms with van der Waals surface area (Å²) in [4.78, 5) is 46.4. The van der Waals surface area contributed by atoms with Gasteiger partial charge >= 0.3 is 0 Å². The van der Waals surface area contributed by atoms with Gasteiger partial charge < -0.3 is 4.90 Å². The predicted molar refractivity (Wildman–Crippen MR) is 98.4 cm³/mol. The molecule has 144 valence electrons. The summed E-state index contributed by atoms with van der Waals surface area (Å²) in [5.41, 5.74) is 2.47. The second-order valence-corrected chi connectivity index (χ2v) is 6.82. The van der Waals surface area contributed by atoms with Crippen molar-refractivity contribution >= 4 is 17.7 Å². The first-order valence-corrected chi connectivity index (χ1v) is 9.08. The number of nitrogens with zero attached hydrogens (tertiary/aromatic N) is 6. The first kappa shape index (κ1) is 17.2. The second kappa shape index (κ2) is 6.59. The Morgan fingerprint density at radius 1 is 1.07 bits per heavy atom. The van der Waals surface area contributed by atoms with E-state index in [-0.39, 0.29) is 24.8 Å². The van der Waals surface area contributed by atoms with E-state index < -0.39 is 11.9 Å². The van der Waals surface area contributed by atoms with Crippen LogP contribution in [0.4, 0.5) is 0 Å². The molecule has 5 rings (SSSR count). The van der Waals surface area contributed by atoms with Gasteiger partial charge in [-0.1, -0.05) is 11.3 Å². The van der Waals surface area contributed by atoms with Crippen molar-refractivity contribution in [3.05, 3.63) is 54.0 Å². The van der Waals surface area contributed by atoms with Gasteiger partial charge in [-0.2, -0.15) is 0 Å². The van der Waals surface area contributed by atoms with Crippen molar-refractivity contribution in [1.29, 1.82) is 0 Å². The summed E-state index contributed by atoms with van der Waals surface area (Å²) in [5.74, 6) is -0.529. The summed E-state index contributed by atoms with van der Waals surface area (Å²) < 4.78 is 1.58. The average molecular weight is 389 g/mol. The van der Waals surface area contributed by atoms with Gasteiger partial charge in [0.15, 0.2) is 11.5 Å². The van der Waals surface area contributed by atoms with Gasteiger partial charge in [0.05, 0.1) is 11.9 Å². The van der Waals surface area contributed by atoms with Crippen molar-refractivity contribution in [2.75, 3.05) is 0 Å². The Labute approximate surface area is 164 Å². The molecule has 1 saturated heterocycles. The molecule has 10 heteroatoms. The number of amides is 3. The van der Waals surface area contributed by atoms with Crippen LogP contribution in [0, 0.1) is 0 Å². The maximum absolute atomic E-state index is 12.9. The van der Waals surface area contributed by atoms with Crippen LogP contribution in [0.1, 0.15) is 28.8 Å². The lowest BCUT2D eigenvalue weighted by molar-refractivity contribution is -0.136.